The number of amides is 1. The molecular weight excluding hydrogens is 347 g/mol. The summed E-state index contributed by atoms with van der Waals surface area (Å²) in [6, 6.07) is 4.92. The van der Waals surface area contributed by atoms with Gasteiger partial charge in [-0.25, -0.2) is 14.4 Å². The molecule has 2 heterocycles. The summed E-state index contributed by atoms with van der Waals surface area (Å²) in [6.07, 6.45) is 3.53. The highest BCUT2D eigenvalue weighted by Crippen LogP contribution is 2.40. The molecule has 1 saturated carbocycles. The molecule has 1 fully saturated rings. The lowest BCUT2D eigenvalue weighted by Gasteiger charge is -2.13. The van der Waals surface area contributed by atoms with Crippen LogP contribution in [0.25, 0.3) is 11.1 Å². The van der Waals surface area contributed by atoms with Gasteiger partial charge < -0.3 is 15.1 Å². The van der Waals surface area contributed by atoms with Gasteiger partial charge in [0.15, 0.2) is 0 Å². The van der Waals surface area contributed by atoms with Crippen LogP contribution < -0.4 is 10.6 Å². The minimum Gasteiger partial charge on any atom is -0.442 e. The van der Waals surface area contributed by atoms with E-state index in [2.05, 4.69) is 27.5 Å². The first kappa shape index (κ1) is 17.5. The van der Waals surface area contributed by atoms with Gasteiger partial charge in [0.1, 0.15) is 23.7 Å². The highest BCUT2D eigenvalue weighted by Gasteiger charge is 2.38. The van der Waals surface area contributed by atoms with Crippen LogP contribution in [0.4, 0.5) is 10.2 Å². The van der Waals surface area contributed by atoms with E-state index >= 15 is 0 Å². The van der Waals surface area contributed by atoms with E-state index in [0.717, 1.165) is 12.8 Å². The summed E-state index contributed by atoms with van der Waals surface area (Å²) in [5.74, 6) is 0.487. The number of benzene rings is 1. The predicted octanol–water partition coefficient (Wildman–Crippen LogP) is 3.87. The van der Waals surface area contributed by atoms with Crippen molar-refractivity contribution in [3.63, 3.8) is 0 Å². The maximum atomic E-state index is 13.7. The number of hydrogen-bond acceptors (Lipinski definition) is 5. The quantitative estimate of drug-likeness (QED) is 0.715. The number of aryl methyl sites for hydroxylation is 2. The predicted molar refractivity (Wildman–Crippen MR) is 100 cm³/mol. The van der Waals surface area contributed by atoms with Gasteiger partial charge in [-0.05, 0) is 50.8 Å². The van der Waals surface area contributed by atoms with Gasteiger partial charge in [0.25, 0.3) is 5.91 Å². The van der Waals surface area contributed by atoms with Crippen LogP contribution in [-0.2, 0) is 6.54 Å². The number of carbonyl (C=O) groups excluding carboxylic acids is 1. The molecule has 0 aliphatic heterocycles. The molecule has 140 valence electrons. The maximum absolute atomic E-state index is 13.7. The summed E-state index contributed by atoms with van der Waals surface area (Å²) >= 11 is 0. The third-order valence-corrected chi connectivity index (χ3v) is 5.00. The van der Waals surface area contributed by atoms with E-state index in [4.69, 9.17) is 4.42 Å². The first-order chi connectivity index (χ1) is 12.9. The summed E-state index contributed by atoms with van der Waals surface area (Å²) in [4.78, 5) is 21.3. The fourth-order valence-electron chi connectivity index (χ4n) is 3.03. The molecule has 4 rings (SSSR count). The molecular formula is C20H21FN4O2. The summed E-state index contributed by atoms with van der Waals surface area (Å²) in [5, 5.41) is 6.81. The minimum absolute atomic E-state index is 0.000367. The summed E-state index contributed by atoms with van der Waals surface area (Å²) < 4.78 is 19.4. The van der Waals surface area contributed by atoms with Crippen LogP contribution in [0, 0.1) is 19.7 Å². The number of nitrogens with zero attached hydrogens (tertiary/aromatic N) is 2. The molecule has 2 aromatic heterocycles. The lowest BCUT2D eigenvalue weighted by atomic mass is 10.1. The Morgan fingerprint density at radius 3 is 2.78 bits per heavy atom. The highest BCUT2D eigenvalue weighted by atomic mass is 19.1. The maximum Gasteiger partial charge on any atom is 0.255 e. The smallest absolute Gasteiger partial charge is 0.255 e. The molecule has 0 saturated heterocycles. The zero-order valence-electron chi connectivity index (χ0n) is 15.5. The van der Waals surface area contributed by atoms with Crippen molar-refractivity contribution in [2.24, 2.45) is 0 Å². The van der Waals surface area contributed by atoms with Gasteiger partial charge in [-0.2, -0.15) is 0 Å². The lowest BCUT2D eigenvalue weighted by Crippen LogP contribution is -2.24. The number of carbonyl (C=O) groups is 1. The van der Waals surface area contributed by atoms with Crippen LogP contribution in [-0.4, -0.2) is 21.4 Å². The highest BCUT2D eigenvalue weighted by molar-refractivity contribution is 6.10. The Hall–Kier alpha value is -2.96. The second kappa shape index (κ2) is 6.33. The Morgan fingerprint density at radius 2 is 2.07 bits per heavy atom. The SMILES string of the molecule is Cc1ccc(CNC(=O)c2c(C)oc3ncnc(NC4(C)CC4)c23)cc1F. The normalized spacial score (nSPS) is 15.0. The zero-order valence-corrected chi connectivity index (χ0v) is 15.5. The van der Waals surface area contributed by atoms with Crippen molar-refractivity contribution in [3.8, 4) is 0 Å². The van der Waals surface area contributed by atoms with Gasteiger partial charge >= 0.3 is 0 Å². The van der Waals surface area contributed by atoms with Gasteiger partial charge in [-0.15, -0.1) is 0 Å². The van der Waals surface area contributed by atoms with Crippen molar-refractivity contribution in [1.29, 1.82) is 0 Å². The number of halogens is 1. The van der Waals surface area contributed by atoms with Crippen molar-refractivity contribution in [2.75, 3.05) is 5.32 Å². The van der Waals surface area contributed by atoms with Gasteiger partial charge in [0.05, 0.1) is 10.9 Å². The Kier molecular flexibility index (Phi) is 4.09. The van der Waals surface area contributed by atoms with Crippen molar-refractivity contribution < 1.29 is 13.6 Å². The largest absolute Gasteiger partial charge is 0.442 e. The first-order valence-corrected chi connectivity index (χ1v) is 8.92. The Morgan fingerprint density at radius 1 is 1.30 bits per heavy atom. The van der Waals surface area contributed by atoms with Gasteiger partial charge in [0.2, 0.25) is 5.71 Å². The van der Waals surface area contributed by atoms with Crippen molar-refractivity contribution in [2.45, 2.75) is 45.7 Å². The van der Waals surface area contributed by atoms with Crippen LogP contribution in [0.2, 0.25) is 0 Å². The van der Waals surface area contributed by atoms with E-state index in [9.17, 15) is 9.18 Å². The van der Waals surface area contributed by atoms with Crippen LogP contribution in [0.5, 0.6) is 0 Å². The van der Waals surface area contributed by atoms with Crippen LogP contribution in [0.3, 0.4) is 0 Å². The van der Waals surface area contributed by atoms with Crippen LogP contribution >= 0.6 is 0 Å². The number of nitrogens with one attached hydrogen (secondary N) is 2. The van der Waals surface area contributed by atoms with E-state index in [1.54, 1.807) is 26.0 Å². The van der Waals surface area contributed by atoms with E-state index in [1.165, 1.54) is 12.4 Å². The molecule has 0 radical (unpaired) electrons. The van der Waals surface area contributed by atoms with Crippen molar-refractivity contribution in [1.82, 2.24) is 15.3 Å². The molecule has 1 aliphatic carbocycles. The van der Waals surface area contributed by atoms with Gasteiger partial charge in [-0.3, -0.25) is 4.79 Å². The third kappa shape index (κ3) is 3.37. The number of fused-ring (bicyclic) bond motifs is 1. The fraction of sp³-hybridized carbons (Fsp3) is 0.350. The molecule has 1 aromatic carbocycles. The summed E-state index contributed by atoms with van der Waals surface area (Å²) in [6.45, 7) is 5.76. The molecule has 2 N–H and O–H groups in total. The molecule has 3 aromatic rings. The number of aromatic nitrogens is 2. The van der Waals surface area contributed by atoms with Gasteiger partial charge in [-0.1, -0.05) is 12.1 Å². The Balaban J connectivity index is 1.62. The molecule has 0 bridgehead atoms. The minimum atomic E-state index is -0.300. The molecule has 0 spiro atoms. The Bertz CT molecular complexity index is 1040. The van der Waals surface area contributed by atoms with E-state index < -0.39 is 0 Å². The van der Waals surface area contributed by atoms with E-state index in [0.29, 0.717) is 39.4 Å². The first-order valence-electron chi connectivity index (χ1n) is 8.92. The van der Waals surface area contributed by atoms with Crippen molar-refractivity contribution in [3.05, 3.63) is 52.8 Å². The van der Waals surface area contributed by atoms with Gasteiger partial charge in [0, 0.05) is 12.1 Å². The molecule has 6 nitrogen and oxygen atoms in total. The molecule has 0 unspecified atom stereocenters. The Labute approximate surface area is 156 Å². The number of furan rings is 1. The molecule has 0 atom stereocenters. The summed E-state index contributed by atoms with van der Waals surface area (Å²) in [5.41, 5.74) is 2.05. The molecule has 27 heavy (non-hydrogen) atoms. The second-order valence-electron chi connectivity index (χ2n) is 7.39. The molecule has 1 amide bonds. The second-order valence-corrected chi connectivity index (χ2v) is 7.39. The fourth-order valence-corrected chi connectivity index (χ4v) is 3.03. The standard InChI is InChI=1S/C20H21FN4O2/c1-11-4-5-13(8-14(11)21)9-22-18(26)15-12(2)27-19-16(15)17(23-10-24-19)25-20(3)6-7-20/h4-5,8,10H,6-7,9H2,1-3H3,(H,22,26)(H,23,24,25). The third-order valence-electron chi connectivity index (χ3n) is 5.00. The number of anilines is 1. The topological polar surface area (TPSA) is 80.1 Å². The monoisotopic (exact) mass is 368 g/mol. The van der Waals surface area contributed by atoms with E-state index in [-0.39, 0.29) is 23.8 Å². The lowest BCUT2D eigenvalue weighted by molar-refractivity contribution is 0.0950. The average molecular weight is 368 g/mol. The number of rotatable bonds is 5. The van der Waals surface area contributed by atoms with Crippen LogP contribution in [0.15, 0.2) is 28.9 Å². The van der Waals surface area contributed by atoms with Crippen LogP contribution in [0.1, 0.15) is 47.0 Å². The zero-order chi connectivity index (χ0) is 19.2. The summed E-state index contributed by atoms with van der Waals surface area (Å²) in [7, 11) is 0. The van der Waals surface area contributed by atoms with E-state index in [1.807, 2.05) is 0 Å². The molecule has 1 aliphatic rings. The number of hydrogen-bond donors (Lipinski definition) is 2. The van der Waals surface area contributed by atoms with Crippen molar-refractivity contribution >= 4 is 22.8 Å². The molecule has 7 heteroatoms. The average Bonchev–Trinajstić information content (AvgIpc) is 3.24.